The molecule has 0 aliphatic rings. The van der Waals surface area contributed by atoms with E-state index < -0.39 is 48.4 Å². The Morgan fingerprint density at radius 3 is 2.34 bits per heavy atom. The zero-order valence-corrected chi connectivity index (χ0v) is 18.5. The number of nitrogens with two attached hydrogens (primary N) is 1. The topological polar surface area (TPSA) is 166 Å². The number of H-pyrrole nitrogens is 1. The van der Waals surface area contributed by atoms with E-state index in [1.165, 1.54) is 6.92 Å². The maximum absolute atomic E-state index is 12.5. The van der Waals surface area contributed by atoms with Crippen LogP contribution in [0, 0.1) is 5.92 Å². The van der Waals surface area contributed by atoms with Crippen molar-refractivity contribution in [3.8, 4) is 0 Å². The summed E-state index contributed by atoms with van der Waals surface area (Å²) in [4.78, 5) is 51.5. The van der Waals surface area contributed by atoms with E-state index in [9.17, 15) is 24.3 Å². The number of aromatic amines is 1. The number of carboxylic acids is 1. The lowest BCUT2D eigenvalue weighted by molar-refractivity contribution is -0.141. The van der Waals surface area contributed by atoms with Gasteiger partial charge in [-0.25, -0.2) is 4.79 Å². The number of carboxylic acid groups (broad SMARTS) is 1. The zero-order valence-electron chi connectivity index (χ0n) is 18.5. The molecule has 3 unspecified atom stereocenters. The molecule has 0 saturated carbocycles. The number of aliphatic carboxylic acids is 1. The van der Waals surface area contributed by atoms with Crippen LogP contribution in [-0.2, 0) is 25.6 Å². The minimum atomic E-state index is -1.18. The van der Waals surface area contributed by atoms with Crippen molar-refractivity contribution in [1.82, 2.24) is 20.9 Å². The number of rotatable bonds is 11. The number of carbonyl (C=O) groups is 4. The van der Waals surface area contributed by atoms with Gasteiger partial charge in [-0.05, 0) is 30.9 Å². The standard InChI is InChI=1S/C22H31N5O5/c1-12(2)8-17(27-20(29)13(3)23)21(30)25-11-19(28)26-18(22(31)32)9-14-10-24-16-7-5-4-6-15(14)16/h4-7,10,12-13,17-18,24H,8-9,11,23H2,1-3H3,(H,25,30)(H,26,28)(H,27,29)(H,31,32). The average Bonchev–Trinajstić information content (AvgIpc) is 3.13. The molecule has 1 heterocycles. The highest BCUT2D eigenvalue weighted by Crippen LogP contribution is 2.19. The van der Waals surface area contributed by atoms with Crippen molar-refractivity contribution in [2.75, 3.05) is 6.54 Å². The number of aromatic nitrogens is 1. The molecule has 3 atom stereocenters. The molecule has 10 heteroatoms. The van der Waals surface area contributed by atoms with Crippen molar-refractivity contribution in [1.29, 1.82) is 0 Å². The Labute approximate surface area is 186 Å². The number of amides is 3. The van der Waals surface area contributed by atoms with Crippen LogP contribution in [0.1, 0.15) is 32.8 Å². The third-order valence-corrected chi connectivity index (χ3v) is 4.91. The van der Waals surface area contributed by atoms with E-state index in [0.717, 1.165) is 16.5 Å². The van der Waals surface area contributed by atoms with Crippen LogP contribution in [0.3, 0.4) is 0 Å². The molecule has 1 aromatic carbocycles. The molecule has 0 bridgehead atoms. The number of benzene rings is 1. The Bertz CT molecular complexity index is 969. The van der Waals surface area contributed by atoms with Crippen molar-refractivity contribution in [2.24, 2.45) is 11.7 Å². The van der Waals surface area contributed by atoms with Gasteiger partial charge in [-0.15, -0.1) is 0 Å². The molecule has 0 radical (unpaired) electrons. The number of hydrogen-bond acceptors (Lipinski definition) is 5. The third kappa shape index (κ3) is 7.09. The average molecular weight is 446 g/mol. The monoisotopic (exact) mass is 445 g/mol. The SMILES string of the molecule is CC(C)CC(NC(=O)C(C)N)C(=O)NCC(=O)NC(Cc1c[nH]c2ccccc12)C(=O)O. The predicted octanol–water partition coefficient (Wildman–Crippen LogP) is 0.274. The van der Waals surface area contributed by atoms with Crippen molar-refractivity contribution >= 4 is 34.6 Å². The molecule has 32 heavy (non-hydrogen) atoms. The van der Waals surface area contributed by atoms with Gasteiger partial charge < -0.3 is 31.8 Å². The van der Waals surface area contributed by atoms with Crippen molar-refractivity contribution in [3.05, 3.63) is 36.0 Å². The van der Waals surface area contributed by atoms with E-state index in [1.54, 1.807) is 6.20 Å². The molecule has 0 aliphatic heterocycles. The molecule has 174 valence electrons. The molecule has 0 spiro atoms. The summed E-state index contributed by atoms with van der Waals surface area (Å²) in [5.41, 5.74) is 7.17. The Kier molecular flexibility index (Phi) is 8.77. The molecule has 3 amide bonds. The highest BCUT2D eigenvalue weighted by molar-refractivity contribution is 5.92. The van der Waals surface area contributed by atoms with E-state index in [1.807, 2.05) is 38.1 Å². The molecule has 0 fully saturated rings. The summed E-state index contributed by atoms with van der Waals surface area (Å²) >= 11 is 0. The minimum absolute atomic E-state index is 0.0828. The van der Waals surface area contributed by atoms with Crippen LogP contribution in [0.15, 0.2) is 30.5 Å². The second kappa shape index (κ2) is 11.3. The van der Waals surface area contributed by atoms with Crippen LogP contribution in [0.4, 0.5) is 0 Å². The highest BCUT2D eigenvalue weighted by Gasteiger charge is 2.25. The van der Waals surface area contributed by atoms with E-state index in [2.05, 4.69) is 20.9 Å². The first-order valence-electron chi connectivity index (χ1n) is 10.5. The molecule has 1 aromatic heterocycles. The first-order valence-corrected chi connectivity index (χ1v) is 10.5. The van der Waals surface area contributed by atoms with Gasteiger partial charge in [0.05, 0.1) is 12.6 Å². The fourth-order valence-electron chi connectivity index (χ4n) is 3.26. The first kappa shape index (κ1) is 24.9. The maximum atomic E-state index is 12.5. The van der Waals surface area contributed by atoms with Crippen LogP contribution >= 0.6 is 0 Å². The van der Waals surface area contributed by atoms with E-state index >= 15 is 0 Å². The lowest BCUT2D eigenvalue weighted by atomic mass is 10.0. The van der Waals surface area contributed by atoms with E-state index in [-0.39, 0.29) is 12.3 Å². The summed E-state index contributed by atoms with van der Waals surface area (Å²) in [7, 11) is 0. The van der Waals surface area contributed by atoms with Crippen LogP contribution < -0.4 is 21.7 Å². The number of nitrogens with one attached hydrogen (secondary N) is 4. The first-order chi connectivity index (χ1) is 15.1. The highest BCUT2D eigenvalue weighted by atomic mass is 16.4. The largest absolute Gasteiger partial charge is 0.480 e. The quantitative estimate of drug-likeness (QED) is 0.290. The summed E-state index contributed by atoms with van der Waals surface area (Å²) in [6.07, 6.45) is 2.16. The van der Waals surface area contributed by atoms with Gasteiger partial charge in [-0.3, -0.25) is 14.4 Å². The predicted molar refractivity (Wildman–Crippen MR) is 120 cm³/mol. The summed E-state index contributed by atoms with van der Waals surface area (Å²) in [5.74, 6) is -2.73. The molecule has 10 nitrogen and oxygen atoms in total. The Balaban J connectivity index is 1.96. The fourth-order valence-corrected chi connectivity index (χ4v) is 3.26. The van der Waals surface area contributed by atoms with Crippen molar-refractivity contribution in [2.45, 2.75) is 51.7 Å². The fraction of sp³-hybridized carbons (Fsp3) is 0.455. The lowest BCUT2D eigenvalue weighted by Gasteiger charge is -2.21. The summed E-state index contributed by atoms with van der Waals surface area (Å²) in [5, 5.41) is 17.9. The van der Waals surface area contributed by atoms with Crippen LogP contribution in [0.2, 0.25) is 0 Å². The van der Waals surface area contributed by atoms with Crippen molar-refractivity contribution in [3.63, 3.8) is 0 Å². The Morgan fingerprint density at radius 1 is 1.03 bits per heavy atom. The molecular weight excluding hydrogens is 414 g/mol. The molecule has 2 aromatic rings. The molecule has 0 aliphatic carbocycles. The molecule has 7 N–H and O–H groups in total. The second-order valence-corrected chi connectivity index (χ2v) is 8.22. The maximum Gasteiger partial charge on any atom is 0.326 e. The Hall–Kier alpha value is -3.40. The molecule has 2 rings (SSSR count). The Morgan fingerprint density at radius 2 is 1.72 bits per heavy atom. The number of carbonyl (C=O) groups excluding carboxylic acids is 3. The van der Waals surface area contributed by atoms with Gasteiger partial charge >= 0.3 is 5.97 Å². The zero-order chi connectivity index (χ0) is 23.8. The number of hydrogen-bond donors (Lipinski definition) is 6. The van der Waals surface area contributed by atoms with Gasteiger partial charge in [0.1, 0.15) is 12.1 Å². The molecule has 0 saturated heterocycles. The second-order valence-electron chi connectivity index (χ2n) is 8.22. The van der Waals surface area contributed by atoms with Crippen LogP contribution in [0.25, 0.3) is 10.9 Å². The van der Waals surface area contributed by atoms with E-state index in [0.29, 0.717) is 6.42 Å². The summed E-state index contributed by atoms with van der Waals surface area (Å²) in [6, 6.07) is 4.67. The van der Waals surface area contributed by atoms with Crippen LogP contribution in [0.5, 0.6) is 0 Å². The normalized spacial score (nSPS) is 13.9. The molecular formula is C22H31N5O5. The third-order valence-electron chi connectivity index (χ3n) is 4.91. The van der Waals surface area contributed by atoms with Gasteiger partial charge in [0.2, 0.25) is 17.7 Å². The van der Waals surface area contributed by atoms with Gasteiger partial charge in [-0.1, -0.05) is 32.0 Å². The van der Waals surface area contributed by atoms with Gasteiger partial charge in [-0.2, -0.15) is 0 Å². The summed E-state index contributed by atoms with van der Waals surface area (Å²) in [6.45, 7) is 4.88. The minimum Gasteiger partial charge on any atom is -0.480 e. The number of para-hydroxylation sites is 1. The van der Waals surface area contributed by atoms with Gasteiger partial charge in [0, 0.05) is 23.5 Å². The smallest absolute Gasteiger partial charge is 0.326 e. The van der Waals surface area contributed by atoms with Gasteiger partial charge in [0.25, 0.3) is 0 Å². The van der Waals surface area contributed by atoms with Crippen molar-refractivity contribution < 1.29 is 24.3 Å². The summed E-state index contributed by atoms with van der Waals surface area (Å²) < 4.78 is 0. The lowest BCUT2D eigenvalue weighted by Crippen LogP contribution is -2.53. The van der Waals surface area contributed by atoms with Crippen LogP contribution in [-0.4, -0.2) is 58.5 Å². The van der Waals surface area contributed by atoms with E-state index in [4.69, 9.17) is 5.73 Å². The number of fused-ring (bicyclic) bond motifs is 1. The van der Waals surface area contributed by atoms with Gasteiger partial charge in [0.15, 0.2) is 0 Å².